The van der Waals surface area contributed by atoms with Crippen LogP contribution in [0.2, 0.25) is 0 Å². The molecule has 1 amide bonds. The molecule has 2 rings (SSSR count). The van der Waals surface area contributed by atoms with E-state index in [1.54, 1.807) is 7.11 Å². The second-order valence-electron chi connectivity index (χ2n) is 6.80. The van der Waals surface area contributed by atoms with Crippen LogP contribution in [0.5, 0.6) is 0 Å². The number of carbonyl (C=O) groups is 1. The van der Waals surface area contributed by atoms with Crippen molar-refractivity contribution in [3.05, 3.63) is 36.0 Å². The largest absolute Gasteiger partial charge is 0.394 e. The molecular formula is C19H28N2O3. The zero-order chi connectivity index (χ0) is 17.6. The van der Waals surface area contributed by atoms with Crippen molar-refractivity contribution in [2.24, 2.45) is 0 Å². The minimum absolute atomic E-state index is 0.0165. The molecule has 1 heterocycles. The monoisotopic (exact) mass is 332 g/mol. The van der Waals surface area contributed by atoms with Gasteiger partial charge >= 0.3 is 0 Å². The third kappa shape index (κ3) is 4.82. The molecule has 0 fully saturated rings. The number of aliphatic hydroxyl groups excluding tert-OH is 1. The Bertz CT molecular complexity index is 676. The number of methoxy groups -OCH3 is 1. The van der Waals surface area contributed by atoms with Crippen LogP contribution in [0.15, 0.2) is 30.5 Å². The van der Waals surface area contributed by atoms with E-state index in [0.29, 0.717) is 13.0 Å². The molecule has 0 aliphatic heterocycles. The molecule has 0 bridgehead atoms. The third-order valence-corrected chi connectivity index (χ3v) is 4.13. The minimum atomic E-state index is -0.562. The highest BCUT2D eigenvalue weighted by molar-refractivity contribution is 5.84. The highest BCUT2D eigenvalue weighted by atomic mass is 16.5. The lowest BCUT2D eigenvalue weighted by Crippen LogP contribution is -2.46. The van der Waals surface area contributed by atoms with Gasteiger partial charge in [-0.05, 0) is 38.3 Å². The summed E-state index contributed by atoms with van der Waals surface area (Å²) in [5.41, 5.74) is 1.90. The highest BCUT2D eigenvalue weighted by Gasteiger charge is 2.18. The number of nitrogens with zero attached hydrogens (tertiary/aromatic N) is 1. The lowest BCUT2D eigenvalue weighted by Gasteiger charge is -2.23. The van der Waals surface area contributed by atoms with E-state index in [2.05, 4.69) is 28.2 Å². The third-order valence-electron chi connectivity index (χ3n) is 4.13. The Labute approximate surface area is 143 Å². The van der Waals surface area contributed by atoms with Crippen LogP contribution < -0.4 is 5.32 Å². The maximum Gasteiger partial charge on any atom is 0.220 e. The number of benzene rings is 1. The van der Waals surface area contributed by atoms with Gasteiger partial charge < -0.3 is 19.7 Å². The van der Waals surface area contributed by atoms with E-state index in [1.807, 2.05) is 26.0 Å². The summed E-state index contributed by atoms with van der Waals surface area (Å²) in [5, 5.41) is 13.3. The van der Waals surface area contributed by atoms with Gasteiger partial charge in [0.25, 0.3) is 0 Å². The second kappa shape index (κ2) is 8.31. The van der Waals surface area contributed by atoms with Crippen LogP contribution in [0.25, 0.3) is 10.9 Å². The molecule has 0 unspecified atom stereocenters. The Morgan fingerprint density at radius 1 is 1.33 bits per heavy atom. The van der Waals surface area contributed by atoms with Crippen molar-refractivity contribution in [3.63, 3.8) is 0 Å². The number of rotatable bonds is 9. The van der Waals surface area contributed by atoms with Gasteiger partial charge in [-0.1, -0.05) is 18.2 Å². The maximum absolute atomic E-state index is 12.0. The molecule has 5 heteroatoms. The van der Waals surface area contributed by atoms with Gasteiger partial charge in [0.15, 0.2) is 0 Å². The van der Waals surface area contributed by atoms with Crippen molar-refractivity contribution in [1.82, 2.24) is 9.88 Å². The van der Waals surface area contributed by atoms with Crippen LogP contribution in [-0.2, 0) is 22.5 Å². The minimum Gasteiger partial charge on any atom is -0.394 e. The van der Waals surface area contributed by atoms with Crippen LogP contribution >= 0.6 is 0 Å². The van der Waals surface area contributed by atoms with E-state index in [9.17, 15) is 9.90 Å². The SMILES string of the molecule is COCCn1cc(CCCC(=O)NC(C)(C)CO)c2ccccc21. The molecule has 5 nitrogen and oxygen atoms in total. The molecule has 0 radical (unpaired) electrons. The summed E-state index contributed by atoms with van der Waals surface area (Å²) in [4.78, 5) is 12.0. The van der Waals surface area contributed by atoms with Crippen molar-refractivity contribution < 1.29 is 14.6 Å². The molecule has 0 aliphatic carbocycles. The fraction of sp³-hybridized carbons (Fsp3) is 0.526. The first-order valence-corrected chi connectivity index (χ1v) is 8.44. The fourth-order valence-electron chi connectivity index (χ4n) is 2.82. The van der Waals surface area contributed by atoms with E-state index >= 15 is 0 Å². The molecule has 132 valence electrons. The Hall–Kier alpha value is -1.85. The molecule has 0 aliphatic rings. The number of nitrogens with one attached hydrogen (secondary N) is 1. The summed E-state index contributed by atoms with van der Waals surface area (Å²) in [6, 6.07) is 8.33. The molecule has 1 aromatic carbocycles. The van der Waals surface area contributed by atoms with Gasteiger partial charge in [-0.3, -0.25) is 4.79 Å². The Kier molecular flexibility index (Phi) is 6.40. The summed E-state index contributed by atoms with van der Waals surface area (Å²) in [6.45, 7) is 5.06. The maximum atomic E-state index is 12.0. The average Bonchev–Trinajstić information content (AvgIpc) is 2.91. The molecule has 2 aromatic rings. The summed E-state index contributed by atoms with van der Waals surface area (Å²) >= 11 is 0. The molecule has 0 atom stereocenters. The first-order valence-electron chi connectivity index (χ1n) is 8.44. The van der Waals surface area contributed by atoms with E-state index in [0.717, 1.165) is 19.4 Å². The number of aliphatic hydroxyl groups is 1. The normalized spacial score (nSPS) is 11.8. The quantitative estimate of drug-likeness (QED) is 0.741. The van der Waals surface area contributed by atoms with Gasteiger partial charge in [0.2, 0.25) is 5.91 Å². The predicted octanol–water partition coefficient (Wildman–Crippen LogP) is 2.50. The fourth-order valence-corrected chi connectivity index (χ4v) is 2.82. The van der Waals surface area contributed by atoms with E-state index < -0.39 is 5.54 Å². The number of aromatic nitrogens is 1. The smallest absolute Gasteiger partial charge is 0.220 e. The average molecular weight is 332 g/mol. The number of fused-ring (bicyclic) bond motifs is 1. The first kappa shape index (κ1) is 18.5. The van der Waals surface area contributed by atoms with Crippen LogP contribution in [0.3, 0.4) is 0 Å². The van der Waals surface area contributed by atoms with E-state index in [1.165, 1.54) is 16.5 Å². The summed E-state index contributed by atoms with van der Waals surface area (Å²) in [5.74, 6) is -0.0165. The molecule has 0 spiro atoms. The highest BCUT2D eigenvalue weighted by Crippen LogP contribution is 2.23. The summed E-state index contributed by atoms with van der Waals surface area (Å²) in [7, 11) is 1.71. The topological polar surface area (TPSA) is 63.5 Å². The van der Waals surface area contributed by atoms with Crippen molar-refractivity contribution in [2.45, 2.75) is 45.2 Å². The van der Waals surface area contributed by atoms with Crippen molar-refractivity contribution in [2.75, 3.05) is 20.3 Å². The van der Waals surface area contributed by atoms with E-state index in [-0.39, 0.29) is 12.5 Å². The zero-order valence-electron chi connectivity index (χ0n) is 14.8. The number of hydrogen-bond acceptors (Lipinski definition) is 3. The lowest BCUT2D eigenvalue weighted by molar-refractivity contribution is -0.123. The lowest BCUT2D eigenvalue weighted by atomic mass is 10.0. The van der Waals surface area contributed by atoms with Gasteiger partial charge in [0.05, 0.1) is 18.8 Å². The number of carbonyl (C=O) groups excluding carboxylic acids is 1. The molecule has 1 aromatic heterocycles. The summed E-state index contributed by atoms with van der Waals surface area (Å²) < 4.78 is 7.39. The van der Waals surface area contributed by atoms with Crippen LogP contribution in [0.1, 0.15) is 32.3 Å². The number of ether oxygens (including phenoxy) is 1. The molecule has 0 saturated heterocycles. The number of aryl methyl sites for hydroxylation is 1. The number of para-hydroxylation sites is 1. The van der Waals surface area contributed by atoms with Crippen LogP contribution in [0, 0.1) is 0 Å². The summed E-state index contributed by atoms with van der Waals surface area (Å²) in [6.07, 6.45) is 4.26. The number of amides is 1. The Morgan fingerprint density at radius 2 is 2.08 bits per heavy atom. The molecule has 2 N–H and O–H groups in total. The number of hydrogen-bond donors (Lipinski definition) is 2. The van der Waals surface area contributed by atoms with Crippen LogP contribution in [-0.4, -0.2) is 41.4 Å². The second-order valence-corrected chi connectivity index (χ2v) is 6.80. The predicted molar refractivity (Wildman–Crippen MR) is 96.1 cm³/mol. The Morgan fingerprint density at radius 3 is 2.79 bits per heavy atom. The van der Waals surface area contributed by atoms with Gasteiger partial charge in [-0.15, -0.1) is 0 Å². The van der Waals surface area contributed by atoms with Gasteiger partial charge in [0, 0.05) is 37.2 Å². The van der Waals surface area contributed by atoms with Gasteiger partial charge in [0.1, 0.15) is 0 Å². The molecule has 0 saturated carbocycles. The van der Waals surface area contributed by atoms with Crippen molar-refractivity contribution in [3.8, 4) is 0 Å². The molecule has 24 heavy (non-hydrogen) atoms. The Balaban J connectivity index is 1.99. The standard InChI is InChI=1S/C19H28N2O3/c1-19(2,14-22)20-18(23)10-6-7-15-13-21(11-12-24-3)17-9-5-4-8-16(15)17/h4-5,8-9,13,22H,6-7,10-12,14H2,1-3H3,(H,20,23). The van der Waals surface area contributed by atoms with Crippen molar-refractivity contribution >= 4 is 16.8 Å². The molecular weight excluding hydrogens is 304 g/mol. The van der Waals surface area contributed by atoms with Crippen LogP contribution in [0.4, 0.5) is 0 Å². The zero-order valence-corrected chi connectivity index (χ0v) is 14.8. The van der Waals surface area contributed by atoms with Gasteiger partial charge in [-0.2, -0.15) is 0 Å². The first-order chi connectivity index (χ1) is 11.5. The van der Waals surface area contributed by atoms with Crippen molar-refractivity contribution in [1.29, 1.82) is 0 Å². The van der Waals surface area contributed by atoms with Gasteiger partial charge in [-0.25, -0.2) is 0 Å². The van der Waals surface area contributed by atoms with E-state index in [4.69, 9.17) is 4.74 Å².